The molecule has 0 amide bonds. The van der Waals surface area contributed by atoms with Gasteiger partial charge in [-0.25, -0.2) is 8.42 Å². The molecule has 22 heavy (non-hydrogen) atoms. The highest BCUT2D eigenvalue weighted by molar-refractivity contribution is 7.92. The van der Waals surface area contributed by atoms with Gasteiger partial charge in [-0.15, -0.1) is 0 Å². The zero-order chi connectivity index (χ0) is 15.9. The van der Waals surface area contributed by atoms with Crippen molar-refractivity contribution in [2.75, 3.05) is 6.61 Å². The summed E-state index contributed by atoms with van der Waals surface area (Å²) in [6, 6.07) is 14.8. The second kappa shape index (κ2) is 5.52. The second-order valence-electron chi connectivity index (χ2n) is 6.11. The number of aryl methyl sites for hydroxylation is 2. The Balaban J connectivity index is 1.93. The standard InChI is InChI=1S/C18H20O3S/c1-12-3-7-14(8-4-12)17-16(11-19)18(17)22(20,21)15-9-5-13(2)6-10-15/h3-10,16-19H,11H2,1-2H3/t16-,17+,18-/m0/s1. The molecule has 0 aromatic heterocycles. The number of rotatable bonds is 4. The van der Waals surface area contributed by atoms with Crippen LogP contribution in [-0.4, -0.2) is 25.4 Å². The van der Waals surface area contributed by atoms with Crippen LogP contribution in [0.4, 0.5) is 0 Å². The monoisotopic (exact) mass is 316 g/mol. The van der Waals surface area contributed by atoms with Gasteiger partial charge >= 0.3 is 0 Å². The first kappa shape index (κ1) is 15.3. The van der Waals surface area contributed by atoms with Crippen LogP contribution in [0, 0.1) is 19.8 Å². The molecular formula is C18H20O3S. The van der Waals surface area contributed by atoms with Crippen LogP contribution in [0.1, 0.15) is 22.6 Å². The van der Waals surface area contributed by atoms with Crippen LogP contribution in [0.15, 0.2) is 53.4 Å². The third-order valence-corrected chi connectivity index (χ3v) is 6.77. The van der Waals surface area contributed by atoms with Gasteiger partial charge in [0.25, 0.3) is 0 Å². The normalized spacial score (nSPS) is 24.2. The van der Waals surface area contributed by atoms with Crippen molar-refractivity contribution in [3.05, 3.63) is 65.2 Å². The topological polar surface area (TPSA) is 54.4 Å². The van der Waals surface area contributed by atoms with Crippen LogP contribution >= 0.6 is 0 Å². The van der Waals surface area contributed by atoms with Crippen molar-refractivity contribution in [3.63, 3.8) is 0 Å². The summed E-state index contributed by atoms with van der Waals surface area (Å²) in [5.41, 5.74) is 3.16. The lowest BCUT2D eigenvalue weighted by atomic mass is 10.1. The van der Waals surface area contributed by atoms with Gasteiger partial charge < -0.3 is 5.11 Å². The molecule has 2 aromatic rings. The molecule has 0 saturated heterocycles. The molecule has 1 aliphatic carbocycles. The largest absolute Gasteiger partial charge is 0.396 e. The molecule has 1 fully saturated rings. The summed E-state index contributed by atoms with van der Waals surface area (Å²) in [6.07, 6.45) is 0. The molecule has 4 heteroatoms. The van der Waals surface area contributed by atoms with Crippen molar-refractivity contribution in [1.82, 2.24) is 0 Å². The highest BCUT2D eigenvalue weighted by Crippen LogP contribution is 2.53. The molecule has 0 spiro atoms. The Kier molecular flexibility index (Phi) is 3.83. The molecule has 116 valence electrons. The molecule has 0 heterocycles. The lowest BCUT2D eigenvalue weighted by Crippen LogP contribution is -2.11. The fraction of sp³-hybridized carbons (Fsp3) is 0.333. The van der Waals surface area contributed by atoms with Crippen molar-refractivity contribution >= 4 is 9.84 Å². The lowest BCUT2D eigenvalue weighted by Gasteiger charge is -2.05. The highest BCUT2D eigenvalue weighted by atomic mass is 32.2. The van der Waals surface area contributed by atoms with Gasteiger partial charge in [0.2, 0.25) is 0 Å². The van der Waals surface area contributed by atoms with E-state index in [0.717, 1.165) is 16.7 Å². The summed E-state index contributed by atoms with van der Waals surface area (Å²) in [5.74, 6) is -0.328. The number of hydrogen-bond acceptors (Lipinski definition) is 3. The van der Waals surface area contributed by atoms with Crippen LogP contribution < -0.4 is 0 Å². The van der Waals surface area contributed by atoms with Crippen LogP contribution in [-0.2, 0) is 9.84 Å². The lowest BCUT2D eigenvalue weighted by molar-refractivity contribution is 0.274. The Morgan fingerprint density at radius 2 is 1.41 bits per heavy atom. The molecule has 3 rings (SSSR count). The molecule has 1 N–H and O–H groups in total. The van der Waals surface area contributed by atoms with Crippen LogP contribution in [0.25, 0.3) is 0 Å². The van der Waals surface area contributed by atoms with Crippen molar-refractivity contribution in [2.24, 2.45) is 5.92 Å². The molecule has 2 aromatic carbocycles. The molecule has 3 nitrogen and oxygen atoms in total. The number of benzene rings is 2. The first-order chi connectivity index (χ1) is 10.4. The SMILES string of the molecule is Cc1ccc([C@@H]2[C@H](CO)[C@@H]2S(=O)(=O)c2ccc(C)cc2)cc1. The van der Waals surface area contributed by atoms with E-state index in [1.54, 1.807) is 12.1 Å². The van der Waals surface area contributed by atoms with Crippen molar-refractivity contribution in [1.29, 1.82) is 0 Å². The Morgan fingerprint density at radius 1 is 0.909 bits per heavy atom. The fourth-order valence-corrected chi connectivity index (χ4v) is 5.29. The van der Waals surface area contributed by atoms with E-state index >= 15 is 0 Å². The fourth-order valence-electron chi connectivity index (χ4n) is 3.09. The summed E-state index contributed by atoms with van der Waals surface area (Å²) >= 11 is 0. The third kappa shape index (κ3) is 2.57. The maximum absolute atomic E-state index is 12.8. The van der Waals surface area contributed by atoms with E-state index in [-0.39, 0.29) is 18.4 Å². The number of sulfone groups is 1. The van der Waals surface area contributed by atoms with Gasteiger partial charge in [0.15, 0.2) is 9.84 Å². The van der Waals surface area contributed by atoms with Gasteiger partial charge in [-0.2, -0.15) is 0 Å². The maximum atomic E-state index is 12.8. The van der Waals surface area contributed by atoms with Crippen molar-refractivity contribution in [3.8, 4) is 0 Å². The average Bonchev–Trinajstić information content (AvgIpc) is 3.24. The zero-order valence-corrected chi connectivity index (χ0v) is 13.5. The third-order valence-electron chi connectivity index (χ3n) is 4.48. The molecule has 0 bridgehead atoms. The van der Waals surface area contributed by atoms with E-state index in [1.165, 1.54) is 0 Å². The van der Waals surface area contributed by atoms with Crippen LogP contribution in [0.5, 0.6) is 0 Å². The number of hydrogen-bond donors (Lipinski definition) is 1. The molecule has 1 saturated carbocycles. The minimum atomic E-state index is -3.41. The Bertz CT molecular complexity index is 761. The zero-order valence-electron chi connectivity index (χ0n) is 12.7. The summed E-state index contributed by atoms with van der Waals surface area (Å²) in [7, 11) is -3.41. The average molecular weight is 316 g/mol. The van der Waals surface area contributed by atoms with Crippen molar-refractivity contribution in [2.45, 2.75) is 29.9 Å². The predicted molar refractivity (Wildman–Crippen MR) is 86.6 cm³/mol. The van der Waals surface area contributed by atoms with E-state index in [9.17, 15) is 13.5 Å². The molecule has 0 unspecified atom stereocenters. The smallest absolute Gasteiger partial charge is 0.182 e. The van der Waals surface area contributed by atoms with Crippen LogP contribution in [0.2, 0.25) is 0 Å². The Labute approximate surface area is 131 Å². The summed E-state index contributed by atoms with van der Waals surface area (Å²) in [6.45, 7) is 3.83. The molecule has 0 radical (unpaired) electrons. The maximum Gasteiger partial charge on any atom is 0.182 e. The first-order valence-electron chi connectivity index (χ1n) is 7.43. The van der Waals surface area contributed by atoms with Gasteiger partial charge in [0, 0.05) is 18.4 Å². The second-order valence-corrected chi connectivity index (χ2v) is 8.21. The number of aliphatic hydroxyl groups excluding tert-OH is 1. The van der Waals surface area contributed by atoms with Crippen molar-refractivity contribution < 1.29 is 13.5 Å². The molecular weight excluding hydrogens is 296 g/mol. The van der Waals surface area contributed by atoms with E-state index in [4.69, 9.17) is 0 Å². The van der Waals surface area contributed by atoms with Gasteiger partial charge in [0.1, 0.15) is 0 Å². The van der Waals surface area contributed by atoms with Gasteiger partial charge in [-0.3, -0.25) is 0 Å². The minimum absolute atomic E-state index is 0.103. The predicted octanol–water partition coefficient (Wildman–Crippen LogP) is 2.85. The van der Waals surface area contributed by atoms with Gasteiger partial charge in [0.05, 0.1) is 10.1 Å². The van der Waals surface area contributed by atoms with E-state index in [2.05, 4.69) is 0 Å². The molecule has 3 atom stereocenters. The number of aliphatic hydroxyl groups is 1. The van der Waals surface area contributed by atoms with Crippen LogP contribution in [0.3, 0.4) is 0 Å². The summed E-state index contributed by atoms with van der Waals surface area (Å²) in [4.78, 5) is 0.344. The summed E-state index contributed by atoms with van der Waals surface area (Å²) < 4.78 is 25.6. The Hall–Kier alpha value is -1.65. The van der Waals surface area contributed by atoms with Gasteiger partial charge in [-0.1, -0.05) is 47.5 Å². The first-order valence-corrected chi connectivity index (χ1v) is 8.98. The Morgan fingerprint density at radius 3 is 1.91 bits per heavy atom. The summed E-state index contributed by atoms with van der Waals surface area (Å²) in [5, 5.41) is 9.03. The molecule has 1 aliphatic rings. The minimum Gasteiger partial charge on any atom is -0.396 e. The van der Waals surface area contributed by atoms with E-state index in [1.807, 2.05) is 50.2 Å². The van der Waals surface area contributed by atoms with Gasteiger partial charge in [-0.05, 0) is 31.5 Å². The van der Waals surface area contributed by atoms with E-state index < -0.39 is 15.1 Å². The molecule has 0 aliphatic heterocycles. The quantitative estimate of drug-likeness (QED) is 0.943. The van der Waals surface area contributed by atoms with E-state index in [0.29, 0.717) is 4.90 Å². The highest BCUT2D eigenvalue weighted by Gasteiger charge is 2.58.